The number of hydrogen-bond acceptors (Lipinski definition) is 3. The molecule has 2 nitrogen and oxygen atoms in total. The van der Waals surface area contributed by atoms with Gasteiger partial charge in [0.15, 0.2) is 5.13 Å². The van der Waals surface area contributed by atoms with Crippen molar-refractivity contribution < 1.29 is 0 Å². The Balaban J connectivity index is 0.000000606. The van der Waals surface area contributed by atoms with E-state index < -0.39 is 0 Å². The first-order valence-corrected chi connectivity index (χ1v) is 6.77. The van der Waals surface area contributed by atoms with Crippen LogP contribution in [0, 0.1) is 6.92 Å². The highest BCUT2D eigenvalue weighted by molar-refractivity contribution is 9.10. The van der Waals surface area contributed by atoms with Gasteiger partial charge in [0.05, 0.1) is 5.69 Å². The monoisotopic (exact) mass is 298 g/mol. The number of nitrogen functional groups attached to an aromatic ring is 1. The minimum atomic E-state index is 0.619. The Kier molecular flexibility index (Phi) is 4.96. The number of rotatable bonds is 1. The topological polar surface area (TPSA) is 38.9 Å². The summed E-state index contributed by atoms with van der Waals surface area (Å²) >= 11 is 5.02. The second-order valence-electron chi connectivity index (χ2n) is 2.94. The first kappa shape index (κ1) is 13.2. The van der Waals surface area contributed by atoms with Crippen LogP contribution in [0.2, 0.25) is 0 Å². The Morgan fingerprint density at radius 1 is 1.25 bits per heavy atom. The van der Waals surface area contributed by atoms with Crippen LogP contribution in [0.3, 0.4) is 0 Å². The van der Waals surface area contributed by atoms with Crippen LogP contribution in [0.5, 0.6) is 0 Å². The fourth-order valence-corrected chi connectivity index (χ4v) is 2.50. The molecule has 0 aliphatic heterocycles. The van der Waals surface area contributed by atoms with Crippen molar-refractivity contribution in [2.24, 2.45) is 0 Å². The van der Waals surface area contributed by atoms with E-state index in [0.717, 1.165) is 20.6 Å². The van der Waals surface area contributed by atoms with Crippen molar-refractivity contribution in [1.82, 2.24) is 4.98 Å². The average Bonchev–Trinajstić information content (AvgIpc) is 2.61. The van der Waals surface area contributed by atoms with Crippen molar-refractivity contribution in [3.63, 3.8) is 0 Å². The van der Waals surface area contributed by atoms with Gasteiger partial charge < -0.3 is 5.73 Å². The summed E-state index contributed by atoms with van der Waals surface area (Å²) in [6.45, 7) is 6.03. The number of nitrogens with two attached hydrogens (primary N) is 1. The first-order valence-electron chi connectivity index (χ1n) is 5.16. The molecule has 16 heavy (non-hydrogen) atoms. The second kappa shape index (κ2) is 6.01. The number of nitrogens with zero attached hydrogens (tertiary/aromatic N) is 1. The smallest absolute Gasteiger partial charge is 0.180 e. The van der Waals surface area contributed by atoms with Gasteiger partial charge in [0.2, 0.25) is 0 Å². The predicted molar refractivity (Wildman–Crippen MR) is 75.7 cm³/mol. The van der Waals surface area contributed by atoms with E-state index in [4.69, 9.17) is 5.73 Å². The summed E-state index contributed by atoms with van der Waals surface area (Å²) in [5.74, 6) is 0. The number of benzene rings is 1. The van der Waals surface area contributed by atoms with E-state index in [2.05, 4.69) is 20.9 Å². The average molecular weight is 299 g/mol. The summed E-state index contributed by atoms with van der Waals surface area (Å²) in [6, 6.07) is 8.02. The summed E-state index contributed by atoms with van der Waals surface area (Å²) in [4.78, 5) is 5.46. The summed E-state index contributed by atoms with van der Waals surface area (Å²) in [5, 5.41) is 0.619. The molecule has 0 amide bonds. The highest BCUT2D eigenvalue weighted by atomic mass is 79.9. The number of thiazole rings is 1. The molecule has 0 saturated heterocycles. The van der Waals surface area contributed by atoms with Gasteiger partial charge in [-0.25, -0.2) is 4.98 Å². The number of aryl methyl sites for hydroxylation is 1. The molecular weight excluding hydrogens is 284 g/mol. The lowest BCUT2D eigenvalue weighted by Crippen LogP contribution is -1.84. The van der Waals surface area contributed by atoms with E-state index >= 15 is 0 Å². The first-order chi connectivity index (χ1) is 7.68. The minimum Gasteiger partial charge on any atom is -0.375 e. The molecule has 1 aromatic carbocycles. The molecule has 0 spiro atoms. The number of halogens is 1. The normalized spacial score (nSPS) is 9.50. The molecular formula is C12H15BrN2S. The molecule has 2 aromatic rings. The van der Waals surface area contributed by atoms with Crippen molar-refractivity contribution in [3.05, 3.63) is 33.6 Å². The highest BCUT2D eigenvalue weighted by Crippen LogP contribution is 2.33. The molecule has 0 aliphatic rings. The molecule has 0 aliphatic carbocycles. The lowest BCUT2D eigenvalue weighted by Gasteiger charge is -2.00. The summed E-state index contributed by atoms with van der Waals surface area (Å²) < 4.78 is 1.05. The Bertz CT molecular complexity index is 466. The van der Waals surface area contributed by atoms with Gasteiger partial charge >= 0.3 is 0 Å². The SMILES string of the molecule is CC.Cc1sc(N)nc1-c1ccccc1Br. The van der Waals surface area contributed by atoms with Gasteiger partial charge in [0, 0.05) is 14.9 Å². The Morgan fingerprint density at radius 3 is 2.38 bits per heavy atom. The summed E-state index contributed by atoms with van der Waals surface area (Å²) in [6.07, 6.45) is 0. The lowest BCUT2D eigenvalue weighted by molar-refractivity contribution is 1.37. The number of anilines is 1. The predicted octanol–water partition coefficient (Wildman–Crippen LogP) is 4.49. The molecule has 2 N–H and O–H groups in total. The third-order valence-electron chi connectivity index (χ3n) is 1.94. The second-order valence-corrected chi connectivity index (χ2v) is 5.03. The van der Waals surface area contributed by atoms with Crippen LogP contribution in [0.15, 0.2) is 28.7 Å². The Hall–Kier alpha value is -0.870. The van der Waals surface area contributed by atoms with Crippen molar-refractivity contribution in [2.75, 3.05) is 5.73 Å². The van der Waals surface area contributed by atoms with E-state index in [1.54, 1.807) is 0 Å². The van der Waals surface area contributed by atoms with Crippen LogP contribution < -0.4 is 5.73 Å². The number of aromatic nitrogens is 1. The zero-order valence-electron chi connectivity index (χ0n) is 9.62. The van der Waals surface area contributed by atoms with Crippen molar-refractivity contribution in [3.8, 4) is 11.3 Å². The minimum absolute atomic E-state index is 0.619. The molecule has 0 bridgehead atoms. The van der Waals surface area contributed by atoms with Gasteiger partial charge in [0.25, 0.3) is 0 Å². The summed E-state index contributed by atoms with van der Waals surface area (Å²) in [5.41, 5.74) is 7.73. The van der Waals surface area contributed by atoms with Gasteiger partial charge in [-0.3, -0.25) is 0 Å². The quantitative estimate of drug-likeness (QED) is 0.842. The summed E-state index contributed by atoms with van der Waals surface area (Å²) in [7, 11) is 0. The molecule has 0 atom stereocenters. The Morgan fingerprint density at radius 2 is 1.88 bits per heavy atom. The van der Waals surface area contributed by atoms with Gasteiger partial charge in [-0.1, -0.05) is 48.0 Å². The van der Waals surface area contributed by atoms with Gasteiger partial charge in [-0.05, 0) is 13.0 Å². The zero-order valence-corrected chi connectivity index (χ0v) is 12.0. The maximum atomic E-state index is 5.66. The van der Waals surface area contributed by atoms with E-state index in [1.807, 2.05) is 45.0 Å². The highest BCUT2D eigenvalue weighted by Gasteiger charge is 2.09. The van der Waals surface area contributed by atoms with E-state index in [1.165, 1.54) is 11.3 Å². The maximum absolute atomic E-state index is 5.66. The number of hydrogen-bond donors (Lipinski definition) is 1. The van der Waals surface area contributed by atoms with E-state index in [0.29, 0.717) is 5.13 Å². The Labute approximate surface area is 109 Å². The molecule has 2 rings (SSSR count). The lowest BCUT2D eigenvalue weighted by atomic mass is 10.1. The standard InChI is InChI=1S/C10H9BrN2S.C2H6/c1-6-9(13-10(12)14-6)7-4-2-3-5-8(7)11;1-2/h2-5H,1H3,(H2,12,13);1-2H3. The van der Waals surface area contributed by atoms with Crippen molar-refractivity contribution in [1.29, 1.82) is 0 Å². The third-order valence-corrected chi connectivity index (χ3v) is 3.43. The van der Waals surface area contributed by atoms with Crippen LogP contribution >= 0.6 is 27.3 Å². The van der Waals surface area contributed by atoms with Gasteiger partial charge in [0.1, 0.15) is 0 Å². The molecule has 0 saturated carbocycles. The molecule has 0 fully saturated rings. The molecule has 0 unspecified atom stereocenters. The van der Waals surface area contributed by atoms with Crippen LogP contribution in [0.4, 0.5) is 5.13 Å². The molecule has 1 heterocycles. The van der Waals surface area contributed by atoms with E-state index in [9.17, 15) is 0 Å². The molecule has 0 radical (unpaired) electrons. The molecule has 1 aromatic heterocycles. The van der Waals surface area contributed by atoms with Crippen LogP contribution in [0.25, 0.3) is 11.3 Å². The molecule has 86 valence electrons. The zero-order chi connectivity index (χ0) is 12.1. The van der Waals surface area contributed by atoms with Crippen molar-refractivity contribution >= 4 is 32.4 Å². The fraction of sp³-hybridized carbons (Fsp3) is 0.250. The van der Waals surface area contributed by atoms with E-state index in [-0.39, 0.29) is 0 Å². The maximum Gasteiger partial charge on any atom is 0.180 e. The van der Waals surface area contributed by atoms with Gasteiger partial charge in [-0.2, -0.15) is 0 Å². The van der Waals surface area contributed by atoms with Crippen LogP contribution in [0.1, 0.15) is 18.7 Å². The molecule has 4 heteroatoms. The largest absolute Gasteiger partial charge is 0.375 e. The van der Waals surface area contributed by atoms with Crippen LogP contribution in [-0.4, -0.2) is 4.98 Å². The third kappa shape index (κ3) is 2.83. The van der Waals surface area contributed by atoms with Gasteiger partial charge in [-0.15, -0.1) is 11.3 Å². The fourth-order valence-electron chi connectivity index (χ4n) is 1.32. The van der Waals surface area contributed by atoms with Crippen LogP contribution in [-0.2, 0) is 0 Å². The van der Waals surface area contributed by atoms with Crippen molar-refractivity contribution in [2.45, 2.75) is 20.8 Å².